The molecule has 0 unspecified atom stereocenters. The molecule has 2 nitrogen and oxygen atoms in total. The van der Waals surface area contributed by atoms with Gasteiger partial charge in [0, 0.05) is 4.88 Å². The molecular formula is C17H10F3NOS. The minimum Gasteiger partial charge on any atom is -0.316 e. The molecule has 0 saturated heterocycles. The fourth-order valence-electron chi connectivity index (χ4n) is 2.02. The predicted octanol–water partition coefficient (Wildman–Crippen LogP) is 5.08. The monoisotopic (exact) mass is 333 g/mol. The van der Waals surface area contributed by atoms with Crippen molar-refractivity contribution in [2.24, 2.45) is 0 Å². The van der Waals surface area contributed by atoms with E-state index in [-0.39, 0.29) is 5.82 Å². The van der Waals surface area contributed by atoms with Crippen molar-refractivity contribution in [1.29, 1.82) is 0 Å². The van der Waals surface area contributed by atoms with Crippen molar-refractivity contribution in [3.8, 4) is 10.4 Å². The zero-order valence-corrected chi connectivity index (χ0v) is 12.5. The van der Waals surface area contributed by atoms with Crippen LogP contribution in [0, 0.1) is 17.5 Å². The largest absolute Gasteiger partial charge is 0.316 e. The molecule has 0 atom stereocenters. The van der Waals surface area contributed by atoms with E-state index in [9.17, 15) is 18.0 Å². The van der Waals surface area contributed by atoms with Gasteiger partial charge in [0.15, 0.2) is 0 Å². The Morgan fingerprint density at radius 3 is 2.17 bits per heavy atom. The molecule has 0 bridgehead atoms. The van der Waals surface area contributed by atoms with E-state index < -0.39 is 23.2 Å². The number of halogens is 3. The fraction of sp³-hybridized carbons (Fsp3) is 0. The Bertz CT molecular complexity index is 838. The summed E-state index contributed by atoms with van der Waals surface area (Å²) in [6.07, 6.45) is 0. The molecule has 0 aliphatic rings. The maximum absolute atomic E-state index is 13.5. The van der Waals surface area contributed by atoms with Gasteiger partial charge in [0.25, 0.3) is 5.91 Å². The number of amides is 1. The first kappa shape index (κ1) is 15.3. The lowest BCUT2D eigenvalue weighted by Gasteiger charge is -2.05. The predicted molar refractivity (Wildman–Crippen MR) is 84.0 cm³/mol. The van der Waals surface area contributed by atoms with Gasteiger partial charge in [0.2, 0.25) is 0 Å². The van der Waals surface area contributed by atoms with Gasteiger partial charge in [-0.05, 0) is 42.0 Å². The number of rotatable bonds is 3. The van der Waals surface area contributed by atoms with E-state index in [2.05, 4.69) is 5.32 Å². The van der Waals surface area contributed by atoms with Gasteiger partial charge in [-0.3, -0.25) is 4.79 Å². The van der Waals surface area contributed by atoms with Gasteiger partial charge in [-0.2, -0.15) is 0 Å². The van der Waals surface area contributed by atoms with Gasteiger partial charge in [-0.25, -0.2) is 13.2 Å². The van der Waals surface area contributed by atoms with E-state index in [1.165, 1.54) is 18.2 Å². The zero-order valence-electron chi connectivity index (χ0n) is 11.6. The summed E-state index contributed by atoms with van der Waals surface area (Å²) in [6, 6.07) is 12.4. The lowest BCUT2D eigenvalue weighted by atomic mass is 10.2. The quantitative estimate of drug-likeness (QED) is 0.711. The van der Waals surface area contributed by atoms with Gasteiger partial charge in [0.1, 0.15) is 23.1 Å². The molecule has 0 aliphatic heterocycles. The Balaban J connectivity index is 1.83. The van der Waals surface area contributed by atoms with Crippen molar-refractivity contribution < 1.29 is 18.0 Å². The Morgan fingerprint density at radius 2 is 1.52 bits per heavy atom. The highest BCUT2D eigenvalue weighted by Gasteiger charge is 2.15. The van der Waals surface area contributed by atoms with Crippen molar-refractivity contribution in [1.82, 2.24) is 0 Å². The Labute approximate surface area is 134 Å². The van der Waals surface area contributed by atoms with E-state index in [1.807, 2.05) is 0 Å². The highest BCUT2D eigenvalue weighted by molar-refractivity contribution is 7.17. The van der Waals surface area contributed by atoms with E-state index in [0.717, 1.165) is 33.9 Å². The molecule has 116 valence electrons. The van der Waals surface area contributed by atoms with Crippen molar-refractivity contribution in [3.05, 3.63) is 76.9 Å². The molecule has 1 amide bonds. The summed E-state index contributed by atoms with van der Waals surface area (Å²) < 4.78 is 40.0. The first-order chi connectivity index (χ1) is 11.0. The lowest BCUT2D eigenvalue weighted by Crippen LogP contribution is -2.12. The maximum atomic E-state index is 13.5. The second-order valence-corrected chi connectivity index (χ2v) is 5.81. The molecule has 0 saturated carbocycles. The van der Waals surface area contributed by atoms with E-state index in [0.29, 0.717) is 4.88 Å². The van der Waals surface area contributed by atoms with Crippen LogP contribution >= 0.6 is 11.3 Å². The molecule has 0 fully saturated rings. The third-order valence-corrected chi connectivity index (χ3v) is 4.29. The van der Waals surface area contributed by atoms with Crippen LogP contribution in [0.2, 0.25) is 0 Å². The van der Waals surface area contributed by atoms with E-state index in [1.54, 1.807) is 24.3 Å². The Kier molecular flexibility index (Phi) is 4.16. The SMILES string of the molecule is O=C(Nc1c(F)cccc1F)c1ccc(-c2ccc(F)cc2)s1. The smallest absolute Gasteiger partial charge is 0.265 e. The van der Waals surface area contributed by atoms with Crippen LogP contribution in [0.5, 0.6) is 0 Å². The number of nitrogens with one attached hydrogen (secondary N) is 1. The summed E-state index contributed by atoms with van der Waals surface area (Å²) >= 11 is 1.15. The lowest BCUT2D eigenvalue weighted by molar-refractivity contribution is 0.102. The van der Waals surface area contributed by atoms with Crippen molar-refractivity contribution in [3.63, 3.8) is 0 Å². The van der Waals surface area contributed by atoms with E-state index in [4.69, 9.17) is 0 Å². The number of carbonyl (C=O) groups is 1. The number of hydrogen-bond acceptors (Lipinski definition) is 2. The van der Waals surface area contributed by atoms with Gasteiger partial charge in [-0.15, -0.1) is 11.3 Å². The molecule has 6 heteroatoms. The number of anilines is 1. The topological polar surface area (TPSA) is 29.1 Å². The second kappa shape index (κ2) is 6.26. The summed E-state index contributed by atoms with van der Waals surface area (Å²) in [5, 5.41) is 2.23. The van der Waals surface area contributed by atoms with Crippen molar-refractivity contribution in [2.45, 2.75) is 0 Å². The third-order valence-electron chi connectivity index (χ3n) is 3.16. The standard InChI is InChI=1S/C17H10F3NOS/c18-11-6-4-10(5-7-11)14-8-9-15(23-14)17(22)21-16-12(19)2-1-3-13(16)20/h1-9H,(H,21,22). The van der Waals surface area contributed by atoms with Gasteiger partial charge in [-0.1, -0.05) is 18.2 Å². The molecule has 2 aromatic carbocycles. The molecule has 0 radical (unpaired) electrons. The molecule has 1 N–H and O–H groups in total. The summed E-state index contributed by atoms with van der Waals surface area (Å²) in [6.45, 7) is 0. The van der Waals surface area contributed by atoms with Crippen LogP contribution in [0.25, 0.3) is 10.4 Å². The molecule has 23 heavy (non-hydrogen) atoms. The summed E-state index contributed by atoms with van der Waals surface area (Å²) in [5.74, 6) is -2.63. The molecule has 0 aliphatic carbocycles. The van der Waals surface area contributed by atoms with Crippen LogP contribution in [0.15, 0.2) is 54.6 Å². The minimum atomic E-state index is -0.839. The summed E-state index contributed by atoms with van der Waals surface area (Å²) in [4.78, 5) is 13.2. The number of para-hydroxylation sites is 1. The van der Waals surface area contributed by atoms with Gasteiger partial charge in [0.05, 0.1) is 4.88 Å². The third kappa shape index (κ3) is 3.27. The summed E-state index contributed by atoms with van der Waals surface area (Å²) in [7, 11) is 0. The molecular weight excluding hydrogens is 323 g/mol. The molecule has 3 aromatic rings. The molecule has 1 heterocycles. The van der Waals surface area contributed by atoms with Crippen LogP contribution < -0.4 is 5.32 Å². The maximum Gasteiger partial charge on any atom is 0.265 e. The normalized spacial score (nSPS) is 10.6. The van der Waals surface area contributed by atoms with Crippen LogP contribution in [-0.2, 0) is 0 Å². The summed E-state index contributed by atoms with van der Waals surface area (Å²) in [5.41, 5.74) is 0.279. The number of carbonyl (C=O) groups excluding carboxylic acids is 1. The number of hydrogen-bond donors (Lipinski definition) is 1. The van der Waals surface area contributed by atoms with Crippen LogP contribution in [0.1, 0.15) is 9.67 Å². The first-order valence-electron chi connectivity index (χ1n) is 6.66. The average molecular weight is 333 g/mol. The van der Waals surface area contributed by atoms with Gasteiger partial charge < -0.3 is 5.32 Å². The molecule has 3 rings (SSSR count). The van der Waals surface area contributed by atoms with Gasteiger partial charge >= 0.3 is 0 Å². The van der Waals surface area contributed by atoms with Crippen LogP contribution in [0.3, 0.4) is 0 Å². The molecule has 1 aromatic heterocycles. The number of thiophene rings is 1. The highest BCUT2D eigenvalue weighted by Crippen LogP contribution is 2.29. The van der Waals surface area contributed by atoms with E-state index >= 15 is 0 Å². The zero-order chi connectivity index (χ0) is 16.4. The Hall–Kier alpha value is -2.60. The second-order valence-electron chi connectivity index (χ2n) is 4.72. The average Bonchev–Trinajstić information content (AvgIpc) is 3.02. The van der Waals surface area contributed by atoms with Crippen LogP contribution in [-0.4, -0.2) is 5.91 Å². The fourth-order valence-corrected chi connectivity index (χ4v) is 2.93. The highest BCUT2D eigenvalue weighted by atomic mass is 32.1. The first-order valence-corrected chi connectivity index (χ1v) is 7.47. The van der Waals surface area contributed by atoms with Crippen molar-refractivity contribution >= 4 is 22.9 Å². The molecule has 0 spiro atoms. The number of benzene rings is 2. The minimum absolute atomic E-state index is 0.298. The Morgan fingerprint density at radius 1 is 0.870 bits per heavy atom. The van der Waals surface area contributed by atoms with Crippen molar-refractivity contribution in [2.75, 3.05) is 5.32 Å². The van der Waals surface area contributed by atoms with Crippen LogP contribution in [0.4, 0.5) is 18.9 Å².